The van der Waals surface area contributed by atoms with Gasteiger partial charge in [0.15, 0.2) is 5.78 Å². The Balaban J connectivity index is 2.34. The largest absolute Gasteiger partial charge is 0.444 e. The van der Waals surface area contributed by atoms with Crippen LogP contribution in [-0.4, -0.2) is 17.5 Å². The smallest absolute Gasteiger partial charge is 0.408 e. The number of hydrogen-bond acceptors (Lipinski definition) is 3. The predicted octanol–water partition coefficient (Wildman–Crippen LogP) is 3.86. The van der Waals surface area contributed by atoms with E-state index in [9.17, 15) is 9.59 Å². The summed E-state index contributed by atoms with van der Waals surface area (Å²) >= 11 is 0. The zero-order valence-corrected chi connectivity index (χ0v) is 13.9. The fraction of sp³-hybridized carbons (Fsp3) is 0.556. The minimum absolute atomic E-state index is 0.0650. The quantitative estimate of drug-likeness (QED) is 0.902. The van der Waals surface area contributed by atoms with Crippen LogP contribution in [0.25, 0.3) is 0 Å². The third kappa shape index (κ3) is 3.67. The van der Waals surface area contributed by atoms with Crippen LogP contribution >= 0.6 is 0 Å². The Morgan fingerprint density at radius 2 is 2.00 bits per heavy atom. The van der Waals surface area contributed by atoms with Gasteiger partial charge in [0.2, 0.25) is 0 Å². The Kier molecular flexibility index (Phi) is 4.59. The first-order valence-electron chi connectivity index (χ1n) is 7.84. The molecule has 0 radical (unpaired) electrons. The number of carbonyl (C=O) groups excluding carboxylic acids is 2. The molecular formula is C18H25NO3. The molecule has 22 heavy (non-hydrogen) atoms. The van der Waals surface area contributed by atoms with Gasteiger partial charge in [-0.25, -0.2) is 4.79 Å². The van der Waals surface area contributed by atoms with E-state index in [1.807, 2.05) is 52.0 Å². The molecule has 1 fully saturated rings. The second-order valence-corrected chi connectivity index (χ2v) is 7.03. The van der Waals surface area contributed by atoms with Gasteiger partial charge in [0.25, 0.3) is 0 Å². The molecule has 1 aliphatic rings. The summed E-state index contributed by atoms with van der Waals surface area (Å²) in [7, 11) is 0. The summed E-state index contributed by atoms with van der Waals surface area (Å²) in [5.41, 5.74) is 0.381. The number of Topliss-reactive ketones (excluding diaryl/α,β-unsaturated/α-hetero) is 1. The van der Waals surface area contributed by atoms with Crippen LogP contribution in [-0.2, 0) is 15.1 Å². The molecular weight excluding hydrogens is 278 g/mol. The molecule has 120 valence electrons. The number of aryl methyl sites for hydroxylation is 1. The average molecular weight is 303 g/mol. The molecule has 1 atom stereocenters. The van der Waals surface area contributed by atoms with Crippen LogP contribution in [0.1, 0.15) is 57.6 Å². The van der Waals surface area contributed by atoms with Crippen LogP contribution in [0.5, 0.6) is 0 Å². The van der Waals surface area contributed by atoms with Gasteiger partial charge in [-0.15, -0.1) is 0 Å². The molecule has 1 N–H and O–H groups in total. The molecule has 1 saturated carbocycles. The number of amides is 1. The van der Waals surface area contributed by atoms with E-state index < -0.39 is 17.2 Å². The number of carbonyl (C=O) groups is 2. The molecule has 4 heteroatoms. The molecule has 1 amide bonds. The van der Waals surface area contributed by atoms with Crippen molar-refractivity contribution in [3.05, 3.63) is 35.4 Å². The van der Waals surface area contributed by atoms with Gasteiger partial charge < -0.3 is 10.1 Å². The molecule has 0 spiro atoms. The molecule has 1 aromatic carbocycles. The lowest BCUT2D eigenvalue weighted by atomic mass is 9.75. The van der Waals surface area contributed by atoms with Crippen molar-refractivity contribution in [3.8, 4) is 0 Å². The maximum atomic E-state index is 12.7. The summed E-state index contributed by atoms with van der Waals surface area (Å²) in [5, 5.41) is 2.87. The summed E-state index contributed by atoms with van der Waals surface area (Å²) < 4.78 is 5.36. The SMILES string of the molecule is Cc1cccc(C2(NC(=O)OC(C)(C)C)CCCCC2=O)c1. The van der Waals surface area contributed by atoms with Crippen LogP contribution in [0.15, 0.2) is 24.3 Å². The van der Waals surface area contributed by atoms with Gasteiger partial charge in [-0.05, 0) is 52.5 Å². The average Bonchev–Trinajstić information content (AvgIpc) is 2.39. The zero-order chi connectivity index (χ0) is 16.4. The Labute approximate surface area is 132 Å². The van der Waals surface area contributed by atoms with Crippen LogP contribution in [0, 0.1) is 6.92 Å². The first kappa shape index (κ1) is 16.5. The molecule has 1 aromatic rings. The van der Waals surface area contributed by atoms with Gasteiger partial charge in [-0.2, -0.15) is 0 Å². The van der Waals surface area contributed by atoms with Gasteiger partial charge in [-0.3, -0.25) is 4.79 Å². The highest BCUT2D eigenvalue weighted by atomic mass is 16.6. The standard InChI is InChI=1S/C18H25NO3/c1-13-8-7-9-14(12-13)18(11-6-5-10-15(18)20)19-16(21)22-17(2,3)4/h7-9,12H,5-6,10-11H2,1-4H3,(H,19,21). The monoisotopic (exact) mass is 303 g/mol. The van der Waals surface area contributed by atoms with Crippen molar-refractivity contribution >= 4 is 11.9 Å². The van der Waals surface area contributed by atoms with E-state index in [2.05, 4.69) is 5.32 Å². The molecule has 1 unspecified atom stereocenters. The minimum atomic E-state index is -0.952. The maximum Gasteiger partial charge on any atom is 0.408 e. The first-order chi connectivity index (χ1) is 10.2. The molecule has 0 saturated heterocycles. The van der Waals surface area contributed by atoms with E-state index in [0.717, 1.165) is 24.0 Å². The Morgan fingerprint density at radius 3 is 2.59 bits per heavy atom. The van der Waals surface area contributed by atoms with E-state index in [0.29, 0.717) is 12.8 Å². The maximum absolute atomic E-state index is 12.7. The fourth-order valence-corrected chi connectivity index (χ4v) is 2.93. The van der Waals surface area contributed by atoms with E-state index >= 15 is 0 Å². The van der Waals surface area contributed by atoms with Crippen LogP contribution in [0.3, 0.4) is 0 Å². The third-order valence-electron chi connectivity index (χ3n) is 3.91. The van der Waals surface area contributed by atoms with Crippen molar-refractivity contribution in [3.63, 3.8) is 0 Å². The van der Waals surface area contributed by atoms with E-state index in [1.54, 1.807) is 0 Å². The van der Waals surface area contributed by atoms with Crippen LogP contribution < -0.4 is 5.32 Å². The number of ether oxygens (including phenoxy) is 1. The fourth-order valence-electron chi connectivity index (χ4n) is 2.93. The van der Waals surface area contributed by atoms with Crippen molar-refractivity contribution in [2.75, 3.05) is 0 Å². The van der Waals surface area contributed by atoms with Gasteiger partial charge in [0.1, 0.15) is 11.1 Å². The van der Waals surface area contributed by atoms with Crippen molar-refractivity contribution in [1.82, 2.24) is 5.32 Å². The summed E-state index contributed by atoms with van der Waals surface area (Å²) in [5.74, 6) is 0.0650. The number of alkyl carbamates (subject to hydrolysis) is 1. The van der Waals surface area contributed by atoms with Gasteiger partial charge in [-0.1, -0.05) is 29.8 Å². The molecule has 0 aliphatic heterocycles. The van der Waals surface area contributed by atoms with Gasteiger partial charge in [0.05, 0.1) is 0 Å². The number of benzene rings is 1. The predicted molar refractivity (Wildman–Crippen MR) is 85.7 cm³/mol. The Morgan fingerprint density at radius 1 is 1.27 bits per heavy atom. The normalized spacial score (nSPS) is 22.3. The lowest BCUT2D eigenvalue weighted by Gasteiger charge is -2.37. The Hall–Kier alpha value is -1.84. The van der Waals surface area contributed by atoms with Crippen molar-refractivity contribution in [2.24, 2.45) is 0 Å². The highest BCUT2D eigenvalue weighted by Gasteiger charge is 2.43. The second kappa shape index (κ2) is 6.11. The molecule has 0 heterocycles. The summed E-state index contributed by atoms with van der Waals surface area (Å²) in [6.45, 7) is 7.43. The molecule has 2 rings (SSSR count). The van der Waals surface area contributed by atoms with E-state index in [-0.39, 0.29) is 5.78 Å². The zero-order valence-electron chi connectivity index (χ0n) is 13.9. The number of nitrogens with one attached hydrogen (secondary N) is 1. The summed E-state index contributed by atoms with van der Waals surface area (Å²) in [4.78, 5) is 24.9. The molecule has 0 aromatic heterocycles. The number of ketones is 1. The number of rotatable bonds is 2. The molecule has 1 aliphatic carbocycles. The van der Waals surface area contributed by atoms with Crippen LogP contribution in [0.2, 0.25) is 0 Å². The van der Waals surface area contributed by atoms with Gasteiger partial charge in [0, 0.05) is 6.42 Å². The summed E-state index contributed by atoms with van der Waals surface area (Å²) in [6, 6.07) is 7.79. The van der Waals surface area contributed by atoms with Crippen molar-refractivity contribution in [1.29, 1.82) is 0 Å². The van der Waals surface area contributed by atoms with E-state index in [1.165, 1.54) is 0 Å². The number of hydrogen-bond donors (Lipinski definition) is 1. The topological polar surface area (TPSA) is 55.4 Å². The van der Waals surface area contributed by atoms with Gasteiger partial charge >= 0.3 is 6.09 Å². The van der Waals surface area contributed by atoms with Crippen molar-refractivity contribution in [2.45, 2.75) is 64.5 Å². The molecule has 4 nitrogen and oxygen atoms in total. The second-order valence-electron chi connectivity index (χ2n) is 7.03. The highest BCUT2D eigenvalue weighted by molar-refractivity contribution is 5.93. The lowest BCUT2D eigenvalue weighted by Crippen LogP contribution is -2.54. The third-order valence-corrected chi connectivity index (χ3v) is 3.91. The highest BCUT2D eigenvalue weighted by Crippen LogP contribution is 2.35. The van der Waals surface area contributed by atoms with Crippen LogP contribution in [0.4, 0.5) is 4.79 Å². The molecule has 0 bridgehead atoms. The summed E-state index contributed by atoms with van der Waals surface area (Å²) in [6.07, 6.45) is 2.36. The minimum Gasteiger partial charge on any atom is -0.444 e. The Bertz CT molecular complexity index is 574. The first-order valence-corrected chi connectivity index (χ1v) is 7.84. The lowest BCUT2D eigenvalue weighted by molar-refractivity contribution is -0.128. The van der Waals surface area contributed by atoms with Crippen molar-refractivity contribution < 1.29 is 14.3 Å². The van der Waals surface area contributed by atoms with E-state index in [4.69, 9.17) is 4.74 Å².